The minimum atomic E-state index is -0.252. The second-order valence-corrected chi connectivity index (χ2v) is 10.1. The van der Waals surface area contributed by atoms with Crippen LogP contribution in [0.4, 0.5) is 15.2 Å². The van der Waals surface area contributed by atoms with E-state index in [0.29, 0.717) is 29.7 Å². The van der Waals surface area contributed by atoms with Gasteiger partial charge in [-0.3, -0.25) is 4.79 Å². The first-order valence-corrected chi connectivity index (χ1v) is 12.4. The van der Waals surface area contributed by atoms with Gasteiger partial charge in [0, 0.05) is 39.3 Å². The number of nitrogens with zero attached hydrogens (tertiary/aromatic N) is 4. The van der Waals surface area contributed by atoms with Crippen molar-refractivity contribution in [3.05, 3.63) is 52.3 Å². The second kappa shape index (κ2) is 9.04. The molecule has 2 fully saturated rings. The number of piperazine rings is 1. The summed E-state index contributed by atoms with van der Waals surface area (Å²) >= 11 is 14.0. The van der Waals surface area contributed by atoms with Crippen molar-refractivity contribution in [2.24, 2.45) is 5.92 Å². The Balaban J connectivity index is 1.23. The van der Waals surface area contributed by atoms with Crippen LogP contribution in [0.1, 0.15) is 12.8 Å². The predicted molar refractivity (Wildman–Crippen MR) is 130 cm³/mol. The summed E-state index contributed by atoms with van der Waals surface area (Å²) in [6.07, 6.45) is 1.83. The van der Waals surface area contributed by atoms with E-state index < -0.39 is 0 Å². The number of amides is 1. The van der Waals surface area contributed by atoms with Crippen LogP contribution in [0.5, 0.6) is 0 Å². The van der Waals surface area contributed by atoms with Crippen LogP contribution in [0.2, 0.25) is 10.0 Å². The monoisotopic (exact) mass is 492 g/mol. The van der Waals surface area contributed by atoms with Crippen LogP contribution in [0, 0.1) is 11.7 Å². The highest BCUT2D eigenvalue weighted by Crippen LogP contribution is 2.34. The van der Waals surface area contributed by atoms with Crippen LogP contribution < -0.4 is 9.80 Å². The first kappa shape index (κ1) is 21.7. The highest BCUT2D eigenvalue weighted by Gasteiger charge is 2.32. The summed E-state index contributed by atoms with van der Waals surface area (Å²) in [4.78, 5) is 24.3. The number of hydrogen-bond acceptors (Lipinski definition) is 5. The van der Waals surface area contributed by atoms with Gasteiger partial charge in [-0.25, -0.2) is 9.37 Å². The molecule has 1 amide bonds. The third kappa shape index (κ3) is 4.26. The third-order valence-corrected chi connectivity index (χ3v) is 8.13. The maximum absolute atomic E-state index is 13.5. The summed E-state index contributed by atoms with van der Waals surface area (Å²) in [6.45, 7) is 4.31. The van der Waals surface area contributed by atoms with Gasteiger partial charge in [-0.05, 0) is 43.2 Å². The topological polar surface area (TPSA) is 39.7 Å². The number of benzene rings is 2. The molecule has 0 radical (unpaired) electrons. The number of thiazole rings is 1. The normalized spacial score (nSPS) is 19.6. The lowest BCUT2D eigenvalue weighted by atomic mass is 9.96. The lowest BCUT2D eigenvalue weighted by molar-refractivity contribution is -0.136. The Labute approximate surface area is 200 Å². The van der Waals surface area contributed by atoms with Gasteiger partial charge in [0.05, 0.1) is 31.9 Å². The fourth-order valence-electron chi connectivity index (χ4n) is 4.54. The van der Waals surface area contributed by atoms with Gasteiger partial charge in [-0.15, -0.1) is 0 Å². The maximum atomic E-state index is 13.5. The van der Waals surface area contributed by atoms with Gasteiger partial charge in [-0.1, -0.05) is 40.6 Å². The number of rotatable bonds is 3. The molecule has 32 heavy (non-hydrogen) atoms. The van der Waals surface area contributed by atoms with Gasteiger partial charge < -0.3 is 14.7 Å². The Bertz CT molecular complexity index is 1150. The minimum Gasteiger partial charge on any atom is -0.367 e. The Hall–Kier alpha value is -2.09. The molecule has 9 heteroatoms. The van der Waals surface area contributed by atoms with Crippen molar-refractivity contribution in [2.75, 3.05) is 49.1 Å². The molecule has 3 heterocycles. The molecule has 2 aromatic carbocycles. The van der Waals surface area contributed by atoms with Gasteiger partial charge in [0.25, 0.3) is 0 Å². The lowest BCUT2D eigenvalue weighted by Crippen LogP contribution is -2.52. The van der Waals surface area contributed by atoms with E-state index in [-0.39, 0.29) is 17.6 Å². The molecule has 0 saturated carbocycles. The molecule has 1 unspecified atom stereocenters. The van der Waals surface area contributed by atoms with Crippen molar-refractivity contribution in [1.29, 1.82) is 0 Å². The third-order valence-electron chi connectivity index (χ3n) is 6.24. The average Bonchev–Trinajstić information content (AvgIpc) is 3.24. The summed E-state index contributed by atoms with van der Waals surface area (Å²) in [5.41, 5.74) is 1.72. The molecular weight excluding hydrogens is 470 g/mol. The van der Waals surface area contributed by atoms with E-state index >= 15 is 0 Å². The number of halogens is 3. The number of piperidine rings is 1. The second-order valence-electron chi connectivity index (χ2n) is 8.28. The molecule has 2 aliphatic rings. The number of fused-ring (bicyclic) bond motifs is 1. The van der Waals surface area contributed by atoms with Crippen LogP contribution in [0.3, 0.4) is 0 Å². The molecule has 5 nitrogen and oxygen atoms in total. The standard InChI is InChI=1S/C23H23Cl2FN4OS/c24-17-4-1-5-19(21(17)25)28-9-11-29(12-10-28)22(31)15-3-2-8-30(14-15)23-27-18-7-6-16(26)13-20(18)32-23/h1,4-7,13,15H,2-3,8-12,14H2. The number of hydrogen-bond donors (Lipinski definition) is 0. The van der Waals surface area contributed by atoms with Gasteiger partial charge in [0.15, 0.2) is 5.13 Å². The Kier molecular flexibility index (Phi) is 6.14. The molecule has 2 saturated heterocycles. The number of aromatic nitrogens is 1. The van der Waals surface area contributed by atoms with E-state index in [1.54, 1.807) is 12.1 Å². The molecule has 5 rings (SSSR count). The predicted octanol–water partition coefficient (Wildman–Crippen LogP) is 5.31. The van der Waals surface area contributed by atoms with Crippen molar-refractivity contribution in [3.63, 3.8) is 0 Å². The summed E-state index contributed by atoms with van der Waals surface area (Å²) in [7, 11) is 0. The van der Waals surface area contributed by atoms with Crippen molar-refractivity contribution < 1.29 is 9.18 Å². The number of carbonyl (C=O) groups is 1. The van der Waals surface area contributed by atoms with Gasteiger partial charge in [0.2, 0.25) is 5.91 Å². The molecule has 1 aromatic heterocycles. The van der Waals surface area contributed by atoms with E-state index in [9.17, 15) is 9.18 Å². The van der Waals surface area contributed by atoms with Gasteiger partial charge in [-0.2, -0.15) is 0 Å². The smallest absolute Gasteiger partial charge is 0.227 e. The Morgan fingerprint density at radius 2 is 1.88 bits per heavy atom. The van der Waals surface area contributed by atoms with Gasteiger partial charge in [0.1, 0.15) is 5.82 Å². The zero-order valence-electron chi connectivity index (χ0n) is 17.4. The molecule has 168 valence electrons. The molecule has 3 aromatic rings. The van der Waals surface area contributed by atoms with Crippen molar-refractivity contribution in [3.8, 4) is 0 Å². The van der Waals surface area contributed by atoms with E-state index in [1.807, 2.05) is 17.0 Å². The maximum Gasteiger partial charge on any atom is 0.227 e. The molecule has 0 aliphatic carbocycles. The molecular formula is C23H23Cl2FN4OS. The summed E-state index contributed by atoms with van der Waals surface area (Å²) < 4.78 is 14.4. The molecule has 2 aliphatic heterocycles. The fraction of sp³-hybridized carbons (Fsp3) is 0.391. The van der Waals surface area contributed by atoms with Crippen LogP contribution in [-0.4, -0.2) is 55.1 Å². The van der Waals surface area contributed by atoms with Crippen LogP contribution in [0.15, 0.2) is 36.4 Å². The lowest BCUT2D eigenvalue weighted by Gasteiger charge is -2.40. The molecule has 1 atom stereocenters. The minimum absolute atomic E-state index is 0.0474. The van der Waals surface area contributed by atoms with E-state index in [4.69, 9.17) is 23.2 Å². The number of anilines is 2. The zero-order chi connectivity index (χ0) is 22.2. The molecule has 0 bridgehead atoms. The van der Waals surface area contributed by atoms with Crippen molar-refractivity contribution >= 4 is 61.5 Å². The summed E-state index contributed by atoms with van der Waals surface area (Å²) in [5.74, 6) is -0.0925. The Morgan fingerprint density at radius 1 is 1.06 bits per heavy atom. The van der Waals surface area contributed by atoms with Crippen molar-refractivity contribution in [1.82, 2.24) is 9.88 Å². The zero-order valence-corrected chi connectivity index (χ0v) is 19.8. The number of carbonyl (C=O) groups excluding carboxylic acids is 1. The van der Waals surface area contributed by atoms with Crippen LogP contribution in [-0.2, 0) is 4.79 Å². The quantitative estimate of drug-likeness (QED) is 0.496. The van der Waals surface area contributed by atoms with Crippen LogP contribution >= 0.6 is 34.5 Å². The molecule has 0 N–H and O–H groups in total. The van der Waals surface area contributed by atoms with Crippen molar-refractivity contribution in [2.45, 2.75) is 12.8 Å². The van der Waals surface area contributed by atoms with E-state index in [1.165, 1.54) is 23.5 Å². The SMILES string of the molecule is O=C(C1CCCN(c2nc3ccc(F)cc3s2)C1)N1CCN(c2cccc(Cl)c2Cl)CC1. The van der Waals surface area contributed by atoms with E-state index in [2.05, 4.69) is 14.8 Å². The first-order chi connectivity index (χ1) is 15.5. The van der Waals surface area contributed by atoms with Crippen LogP contribution in [0.25, 0.3) is 10.2 Å². The fourth-order valence-corrected chi connectivity index (χ4v) is 5.98. The average molecular weight is 493 g/mol. The van der Waals surface area contributed by atoms with Gasteiger partial charge >= 0.3 is 0 Å². The molecule has 0 spiro atoms. The van der Waals surface area contributed by atoms with E-state index in [0.717, 1.165) is 53.5 Å². The largest absolute Gasteiger partial charge is 0.367 e. The summed E-state index contributed by atoms with van der Waals surface area (Å²) in [6, 6.07) is 10.3. The summed E-state index contributed by atoms with van der Waals surface area (Å²) in [5, 5.41) is 1.97. The Morgan fingerprint density at radius 3 is 2.69 bits per heavy atom. The highest BCUT2D eigenvalue weighted by atomic mass is 35.5. The first-order valence-electron chi connectivity index (χ1n) is 10.8. The highest BCUT2D eigenvalue weighted by molar-refractivity contribution is 7.22.